The molecular weight excluding hydrogens is 464 g/mol. The van der Waals surface area contributed by atoms with Gasteiger partial charge in [0.25, 0.3) is 5.91 Å². The topological polar surface area (TPSA) is 93.5 Å². The molecular formula is C30H30N4O3. The maximum Gasteiger partial charge on any atom is 0.258 e. The quantitative estimate of drug-likeness (QED) is 0.507. The molecule has 3 amide bonds. The van der Waals surface area contributed by atoms with Crippen LogP contribution in [0, 0.1) is 11.3 Å². The summed E-state index contributed by atoms with van der Waals surface area (Å²) in [6.45, 7) is 2.80. The van der Waals surface area contributed by atoms with Crippen molar-refractivity contribution in [3.63, 3.8) is 0 Å². The summed E-state index contributed by atoms with van der Waals surface area (Å²) >= 11 is 0. The minimum atomic E-state index is -0.149. The normalized spacial score (nSPS) is 12.3. The Balaban J connectivity index is 1.49. The van der Waals surface area contributed by atoms with Crippen LogP contribution < -0.4 is 15.1 Å². The fourth-order valence-electron chi connectivity index (χ4n) is 4.58. The second-order valence-electron chi connectivity index (χ2n) is 9.08. The van der Waals surface area contributed by atoms with E-state index in [9.17, 15) is 14.4 Å². The summed E-state index contributed by atoms with van der Waals surface area (Å²) in [6, 6.07) is 24.4. The summed E-state index contributed by atoms with van der Waals surface area (Å²) in [5.74, 6) is -0.243. The highest BCUT2D eigenvalue weighted by molar-refractivity contribution is 6.07. The fourth-order valence-corrected chi connectivity index (χ4v) is 4.58. The highest BCUT2D eigenvalue weighted by Gasteiger charge is 2.25. The van der Waals surface area contributed by atoms with Crippen LogP contribution in [0.1, 0.15) is 46.8 Å². The van der Waals surface area contributed by atoms with Crippen LogP contribution in [0.25, 0.3) is 0 Å². The highest BCUT2D eigenvalue weighted by atomic mass is 16.2. The number of nitriles is 1. The Hall–Kier alpha value is -4.44. The number of nitrogens with zero attached hydrogens (tertiary/aromatic N) is 3. The van der Waals surface area contributed by atoms with Gasteiger partial charge in [0.15, 0.2) is 0 Å². The number of amides is 3. The summed E-state index contributed by atoms with van der Waals surface area (Å²) in [5, 5.41) is 11.7. The van der Waals surface area contributed by atoms with Crippen LogP contribution in [0.3, 0.4) is 0 Å². The summed E-state index contributed by atoms with van der Waals surface area (Å²) < 4.78 is 0. The Morgan fingerprint density at radius 2 is 1.78 bits per heavy atom. The number of para-hydroxylation sites is 1. The van der Waals surface area contributed by atoms with E-state index >= 15 is 0 Å². The number of anilines is 2. The number of hydrogen-bond donors (Lipinski definition) is 1. The van der Waals surface area contributed by atoms with E-state index in [2.05, 4.69) is 11.4 Å². The molecule has 37 heavy (non-hydrogen) atoms. The smallest absolute Gasteiger partial charge is 0.258 e. The van der Waals surface area contributed by atoms with Gasteiger partial charge in [-0.05, 0) is 72.9 Å². The molecule has 0 aromatic heterocycles. The summed E-state index contributed by atoms with van der Waals surface area (Å²) in [5.41, 5.74) is 4.78. The first-order valence-corrected chi connectivity index (χ1v) is 12.5. The zero-order chi connectivity index (χ0) is 26.2. The number of aryl methyl sites for hydroxylation is 2. The lowest BCUT2D eigenvalue weighted by molar-refractivity contribution is -0.119. The van der Waals surface area contributed by atoms with Crippen LogP contribution in [0.5, 0.6) is 0 Å². The summed E-state index contributed by atoms with van der Waals surface area (Å²) in [6.07, 6.45) is 2.61. The van der Waals surface area contributed by atoms with E-state index in [0.29, 0.717) is 43.6 Å². The number of benzene rings is 3. The molecule has 3 aromatic carbocycles. The molecule has 188 valence electrons. The first-order valence-electron chi connectivity index (χ1n) is 12.5. The third-order valence-electron chi connectivity index (χ3n) is 6.48. The van der Waals surface area contributed by atoms with Gasteiger partial charge in [-0.3, -0.25) is 14.4 Å². The lowest BCUT2D eigenvalue weighted by Gasteiger charge is -2.30. The van der Waals surface area contributed by atoms with Crippen LogP contribution in [0.2, 0.25) is 0 Å². The van der Waals surface area contributed by atoms with Gasteiger partial charge in [0.05, 0.1) is 11.6 Å². The number of nitrogens with one attached hydrogen (secondary N) is 1. The van der Waals surface area contributed by atoms with Crippen LogP contribution in [-0.2, 0) is 22.4 Å². The monoisotopic (exact) mass is 494 g/mol. The van der Waals surface area contributed by atoms with E-state index in [-0.39, 0.29) is 17.7 Å². The third kappa shape index (κ3) is 6.42. The van der Waals surface area contributed by atoms with Crippen LogP contribution >= 0.6 is 0 Å². The van der Waals surface area contributed by atoms with Crippen molar-refractivity contribution in [1.82, 2.24) is 5.32 Å². The molecule has 7 nitrogen and oxygen atoms in total. The van der Waals surface area contributed by atoms with E-state index in [1.165, 1.54) is 6.92 Å². The Labute approximate surface area is 217 Å². The number of rotatable bonds is 8. The van der Waals surface area contributed by atoms with Crippen molar-refractivity contribution in [3.05, 3.63) is 95.1 Å². The Morgan fingerprint density at radius 1 is 1.03 bits per heavy atom. The maximum atomic E-state index is 13.5. The Bertz CT molecular complexity index is 1310. The Morgan fingerprint density at radius 3 is 2.49 bits per heavy atom. The van der Waals surface area contributed by atoms with Crippen molar-refractivity contribution >= 4 is 29.1 Å². The van der Waals surface area contributed by atoms with Gasteiger partial charge in [-0.15, -0.1) is 0 Å². The van der Waals surface area contributed by atoms with Crippen molar-refractivity contribution in [2.75, 3.05) is 29.4 Å². The lowest BCUT2D eigenvalue weighted by Crippen LogP contribution is -2.38. The zero-order valence-corrected chi connectivity index (χ0v) is 20.9. The molecule has 1 heterocycles. The number of hydrogen-bond acceptors (Lipinski definition) is 4. The van der Waals surface area contributed by atoms with Crippen molar-refractivity contribution in [2.24, 2.45) is 0 Å². The van der Waals surface area contributed by atoms with E-state index < -0.39 is 0 Å². The van der Waals surface area contributed by atoms with Gasteiger partial charge in [0.1, 0.15) is 0 Å². The maximum absolute atomic E-state index is 13.5. The average Bonchev–Trinajstić information content (AvgIpc) is 2.93. The minimum absolute atomic E-state index is 0.0469. The second kappa shape index (κ2) is 12.0. The van der Waals surface area contributed by atoms with Gasteiger partial charge in [-0.2, -0.15) is 5.26 Å². The fraction of sp³-hybridized carbons (Fsp3) is 0.267. The third-order valence-corrected chi connectivity index (χ3v) is 6.48. The first kappa shape index (κ1) is 25.6. The molecule has 1 aliphatic rings. The molecule has 0 atom stereocenters. The predicted octanol–water partition coefficient (Wildman–Crippen LogP) is 4.25. The van der Waals surface area contributed by atoms with E-state index in [1.807, 2.05) is 59.5 Å². The molecule has 0 spiro atoms. The number of fused-ring (bicyclic) bond motifs is 1. The molecule has 0 aliphatic carbocycles. The van der Waals surface area contributed by atoms with E-state index in [1.54, 1.807) is 23.1 Å². The molecule has 7 heteroatoms. The zero-order valence-electron chi connectivity index (χ0n) is 20.9. The molecule has 0 unspecified atom stereocenters. The van der Waals surface area contributed by atoms with Gasteiger partial charge in [-0.25, -0.2) is 0 Å². The van der Waals surface area contributed by atoms with E-state index in [0.717, 1.165) is 35.3 Å². The van der Waals surface area contributed by atoms with Gasteiger partial charge in [0.2, 0.25) is 11.8 Å². The summed E-state index contributed by atoms with van der Waals surface area (Å²) in [7, 11) is 0. The molecule has 1 aliphatic heterocycles. The average molecular weight is 495 g/mol. The van der Waals surface area contributed by atoms with Crippen LogP contribution in [-0.4, -0.2) is 37.4 Å². The van der Waals surface area contributed by atoms with Crippen molar-refractivity contribution in [1.29, 1.82) is 5.26 Å². The van der Waals surface area contributed by atoms with Crippen LogP contribution in [0.4, 0.5) is 11.4 Å². The van der Waals surface area contributed by atoms with Gasteiger partial charge in [0, 0.05) is 49.9 Å². The van der Waals surface area contributed by atoms with Gasteiger partial charge in [-0.1, -0.05) is 30.3 Å². The number of carbonyl (C=O) groups excluding carboxylic acids is 3. The molecule has 4 rings (SSSR count). The molecule has 0 fully saturated rings. The SMILES string of the molecule is CC(=O)NCCN(C(=O)c1ccc2c(c1)CCCN2C(=O)CCc1ccc(C#N)cc1)c1ccccc1. The molecule has 1 N–H and O–H groups in total. The molecule has 0 radical (unpaired) electrons. The number of carbonyl (C=O) groups is 3. The standard InChI is InChI=1S/C30H30N4O3/c1-22(35)32-17-19-33(27-7-3-2-4-8-27)30(37)26-14-15-28-25(20-26)6-5-18-34(28)29(36)16-13-23-9-11-24(21-31)12-10-23/h2-4,7-12,14-15,20H,5-6,13,16-19H2,1H3,(H,32,35). The Kier molecular flexibility index (Phi) is 8.32. The predicted molar refractivity (Wildman–Crippen MR) is 143 cm³/mol. The van der Waals surface area contributed by atoms with E-state index in [4.69, 9.17) is 5.26 Å². The largest absolute Gasteiger partial charge is 0.355 e. The summed E-state index contributed by atoms with van der Waals surface area (Å²) in [4.78, 5) is 41.5. The van der Waals surface area contributed by atoms with Crippen molar-refractivity contribution < 1.29 is 14.4 Å². The van der Waals surface area contributed by atoms with Gasteiger partial charge < -0.3 is 15.1 Å². The van der Waals surface area contributed by atoms with Crippen molar-refractivity contribution in [2.45, 2.75) is 32.6 Å². The lowest BCUT2D eigenvalue weighted by atomic mass is 9.97. The minimum Gasteiger partial charge on any atom is -0.355 e. The molecule has 0 saturated heterocycles. The molecule has 3 aromatic rings. The molecule has 0 saturated carbocycles. The molecule has 0 bridgehead atoms. The van der Waals surface area contributed by atoms with Gasteiger partial charge >= 0.3 is 0 Å². The highest BCUT2D eigenvalue weighted by Crippen LogP contribution is 2.30. The van der Waals surface area contributed by atoms with Crippen molar-refractivity contribution in [3.8, 4) is 6.07 Å². The first-order chi connectivity index (χ1) is 18.0. The second-order valence-corrected chi connectivity index (χ2v) is 9.08. The van der Waals surface area contributed by atoms with Crippen LogP contribution in [0.15, 0.2) is 72.8 Å².